The summed E-state index contributed by atoms with van der Waals surface area (Å²) < 4.78 is 10.6. The largest absolute Gasteiger partial charge is 0.380 e. The number of nitrogens with one attached hydrogen (secondary N) is 2. The first-order valence-corrected chi connectivity index (χ1v) is 7.31. The number of carbonyl (C=O) groups is 1. The Morgan fingerprint density at radius 2 is 2.00 bits per heavy atom. The number of methoxy groups -OCH3 is 2. The van der Waals surface area contributed by atoms with Gasteiger partial charge in [-0.1, -0.05) is 24.3 Å². The van der Waals surface area contributed by atoms with Gasteiger partial charge in [-0.05, 0) is 37.1 Å². The fraction of sp³-hybridized carbons (Fsp3) is 0.562. The first kappa shape index (κ1) is 15.9. The van der Waals surface area contributed by atoms with Gasteiger partial charge in [-0.2, -0.15) is 0 Å². The highest BCUT2D eigenvalue weighted by Crippen LogP contribution is 2.22. The zero-order valence-corrected chi connectivity index (χ0v) is 12.8. The van der Waals surface area contributed by atoms with Gasteiger partial charge in [-0.3, -0.25) is 4.79 Å². The smallest absolute Gasteiger partial charge is 0.252 e. The average Bonchev–Trinajstić information content (AvgIpc) is 2.54. The van der Waals surface area contributed by atoms with Crippen LogP contribution in [0.4, 0.5) is 0 Å². The molecule has 0 unspecified atom stereocenters. The van der Waals surface area contributed by atoms with E-state index in [1.54, 1.807) is 14.2 Å². The predicted octanol–water partition coefficient (Wildman–Crippen LogP) is 1.22. The van der Waals surface area contributed by atoms with E-state index in [4.69, 9.17) is 9.47 Å². The molecule has 1 saturated heterocycles. The molecule has 1 aromatic carbocycles. The van der Waals surface area contributed by atoms with E-state index >= 15 is 0 Å². The SMILES string of the molecule is COCc1cccc(CNC(=O)C2(OC)CCNCC2)c1. The Labute approximate surface area is 126 Å². The highest BCUT2D eigenvalue weighted by Gasteiger charge is 2.39. The van der Waals surface area contributed by atoms with E-state index in [2.05, 4.69) is 10.6 Å². The van der Waals surface area contributed by atoms with Crippen LogP contribution in [-0.2, 0) is 27.4 Å². The van der Waals surface area contributed by atoms with Gasteiger partial charge in [0.25, 0.3) is 5.91 Å². The van der Waals surface area contributed by atoms with Crippen molar-refractivity contribution in [3.63, 3.8) is 0 Å². The molecule has 2 N–H and O–H groups in total. The number of carbonyl (C=O) groups excluding carboxylic acids is 1. The molecule has 0 radical (unpaired) electrons. The molecule has 5 nitrogen and oxygen atoms in total. The number of hydrogen-bond donors (Lipinski definition) is 2. The lowest BCUT2D eigenvalue weighted by atomic mass is 9.91. The molecule has 21 heavy (non-hydrogen) atoms. The Bertz CT molecular complexity index is 470. The van der Waals surface area contributed by atoms with Crippen molar-refractivity contribution in [1.29, 1.82) is 0 Å². The van der Waals surface area contributed by atoms with Crippen molar-refractivity contribution >= 4 is 5.91 Å². The molecule has 1 heterocycles. The van der Waals surface area contributed by atoms with Crippen LogP contribution in [0.3, 0.4) is 0 Å². The third-order valence-corrected chi connectivity index (χ3v) is 3.97. The van der Waals surface area contributed by atoms with E-state index < -0.39 is 5.60 Å². The van der Waals surface area contributed by atoms with E-state index in [0.29, 0.717) is 26.0 Å². The summed E-state index contributed by atoms with van der Waals surface area (Å²) in [6.07, 6.45) is 1.41. The van der Waals surface area contributed by atoms with Gasteiger partial charge >= 0.3 is 0 Å². The molecule has 0 aromatic heterocycles. The van der Waals surface area contributed by atoms with E-state index in [9.17, 15) is 4.79 Å². The quantitative estimate of drug-likeness (QED) is 0.827. The predicted molar refractivity (Wildman–Crippen MR) is 80.8 cm³/mol. The molecule has 1 aliphatic rings. The van der Waals surface area contributed by atoms with Crippen LogP contribution >= 0.6 is 0 Å². The fourth-order valence-corrected chi connectivity index (χ4v) is 2.69. The van der Waals surface area contributed by atoms with Crippen LogP contribution in [0.15, 0.2) is 24.3 Å². The third kappa shape index (κ3) is 4.03. The lowest BCUT2D eigenvalue weighted by molar-refractivity contribution is -0.146. The van der Waals surface area contributed by atoms with Crippen molar-refractivity contribution in [3.8, 4) is 0 Å². The molecule has 1 amide bonds. The molecule has 0 bridgehead atoms. The van der Waals surface area contributed by atoms with Crippen LogP contribution in [0, 0.1) is 0 Å². The first-order valence-electron chi connectivity index (χ1n) is 7.31. The minimum absolute atomic E-state index is 0.0244. The Kier molecular flexibility index (Phi) is 5.73. The van der Waals surface area contributed by atoms with Crippen molar-refractivity contribution in [2.45, 2.75) is 31.6 Å². The van der Waals surface area contributed by atoms with Crippen LogP contribution in [0.2, 0.25) is 0 Å². The zero-order valence-electron chi connectivity index (χ0n) is 12.8. The van der Waals surface area contributed by atoms with Crippen molar-refractivity contribution in [2.75, 3.05) is 27.3 Å². The second kappa shape index (κ2) is 7.54. The third-order valence-electron chi connectivity index (χ3n) is 3.97. The summed E-state index contributed by atoms with van der Waals surface area (Å²) in [5.74, 6) is -0.0244. The van der Waals surface area contributed by atoms with Gasteiger partial charge in [-0.25, -0.2) is 0 Å². The summed E-state index contributed by atoms with van der Waals surface area (Å²) in [5.41, 5.74) is 1.49. The monoisotopic (exact) mass is 292 g/mol. The lowest BCUT2D eigenvalue weighted by Crippen LogP contribution is -2.53. The van der Waals surface area contributed by atoms with Gasteiger partial charge in [0.15, 0.2) is 0 Å². The summed E-state index contributed by atoms with van der Waals surface area (Å²) in [4.78, 5) is 12.4. The lowest BCUT2D eigenvalue weighted by Gasteiger charge is -2.34. The van der Waals surface area contributed by atoms with E-state index in [-0.39, 0.29) is 5.91 Å². The van der Waals surface area contributed by atoms with Gasteiger partial charge in [0.1, 0.15) is 5.60 Å². The molecular formula is C16H24N2O3. The van der Waals surface area contributed by atoms with Crippen molar-refractivity contribution in [2.24, 2.45) is 0 Å². The standard InChI is InChI=1S/C16H24N2O3/c1-20-12-14-5-3-4-13(10-14)11-18-15(19)16(21-2)6-8-17-9-7-16/h3-5,10,17H,6-9,11-12H2,1-2H3,(H,18,19). The fourth-order valence-electron chi connectivity index (χ4n) is 2.69. The first-order chi connectivity index (χ1) is 10.2. The van der Waals surface area contributed by atoms with Crippen molar-refractivity contribution in [1.82, 2.24) is 10.6 Å². The summed E-state index contributed by atoms with van der Waals surface area (Å²) >= 11 is 0. The van der Waals surface area contributed by atoms with E-state index in [0.717, 1.165) is 24.2 Å². The maximum atomic E-state index is 12.4. The van der Waals surface area contributed by atoms with Crippen LogP contribution in [0.1, 0.15) is 24.0 Å². The number of rotatable bonds is 6. The molecule has 1 aliphatic heterocycles. The van der Waals surface area contributed by atoms with Gasteiger partial charge in [0.2, 0.25) is 0 Å². The van der Waals surface area contributed by atoms with Crippen LogP contribution in [-0.4, -0.2) is 38.8 Å². The Hall–Kier alpha value is -1.43. The van der Waals surface area contributed by atoms with Gasteiger partial charge in [0.05, 0.1) is 6.61 Å². The average molecular weight is 292 g/mol. The molecule has 0 spiro atoms. The molecular weight excluding hydrogens is 268 g/mol. The number of hydrogen-bond acceptors (Lipinski definition) is 4. The van der Waals surface area contributed by atoms with Crippen LogP contribution in [0.25, 0.3) is 0 Å². The number of ether oxygens (including phenoxy) is 2. The van der Waals surface area contributed by atoms with Gasteiger partial charge in [-0.15, -0.1) is 0 Å². The molecule has 2 rings (SSSR count). The Morgan fingerprint density at radius 1 is 1.29 bits per heavy atom. The molecule has 0 saturated carbocycles. The Morgan fingerprint density at radius 3 is 2.67 bits per heavy atom. The molecule has 5 heteroatoms. The van der Waals surface area contributed by atoms with Crippen LogP contribution < -0.4 is 10.6 Å². The highest BCUT2D eigenvalue weighted by molar-refractivity contribution is 5.85. The maximum absolute atomic E-state index is 12.4. The summed E-state index contributed by atoms with van der Waals surface area (Å²) in [7, 11) is 3.29. The van der Waals surface area contributed by atoms with Gasteiger partial charge < -0.3 is 20.1 Å². The maximum Gasteiger partial charge on any atom is 0.252 e. The minimum Gasteiger partial charge on any atom is -0.380 e. The normalized spacial score (nSPS) is 17.4. The zero-order chi connectivity index (χ0) is 15.1. The summed E-state index contributed by atoms with van der Waals surface area (Å²) in [6.45, 7) is 2.71. The summed E-state index contributed by atoms with van der Waals surface area (Å²) in [5, 5.41) is 6.25. The van der Waals surface area contributed by atoms with E-state index in [1.807, 2.05) is 24.3 Å². The number of piperidine rings is 1. The molecule has 0 aliphatic carbocycles. The molecule has 1 fully saturated rings. The van der Waals surface area contributed by atoms with Crippen molar-refractivity contribution < 1.29 is 14.3 Å². The summed E-state index contributed by atoms with van der Waals surface area (Å²) in [6, 6.07) is 8.04. The van der Waals surface area contributed by atoms with Crippen molar-refractivity contribution in [3.05, 3.63) is 35.4 Å². The molecule has 116 valence electrons. The van der Waals surface area contributed by atoms with Crippen LogP contribution in [0.5, 0.6) is 0 Å². The van der Waals surface area contributed by atoms with E-state index in [1.165, 1.54) is 0 Å². The topological polar surface area (TPSA) is 59.6 Å². The molecule has 1 aromatic rings. The highest BCUT2D eigenvalue weighted by atomic mass is 16.5. The number of benzene rings is 1. The van der Waals surface area contributed by atoms with Gasteiger partial charge in [0, 0.05) is 20.8 Å². The Balaban J connectivity index is 1.95. The molecule has 0 atom stereocenters. The minimum atomic E-state index is -0.685. The second-order valence-electron chi connectivity index (χ2n) is 5.38. The second-order valence-corrected chi connectivity index (χ2v) is 5.38. The number of amides is 1.